The summed E-state index contributed by atoms with van der Waals surface area (Å²) in [7, 11) is -3.84. The average Bonchev–Trinajstić information content (AvgIpc) is 3.07. The number of nitrogens with one attached hydrogen (secondary N) is 1. The zero-order valence-corrected chi connectivity index (χ0v) is 17.0. The summed E-state index contributed by atoms with van der Waals surface area (Å²) in [5, 5.41) is 3.67. The van der Waals surface area contributed by atoms with E-state index < -0.39 is 26.3 Å². The first-order valence-corrected chi connectivity index (χ1v) is 10.5. The van der Waals surface area contributed by atoms with Crippen LogP contribution in [0.4, 0.5) is 13.2 Å². The van der Waals surface area contributed by atoms with Gasteiger partial charge in [0.05, 0.1) is 10.5 Å². The Kier molecular flexibility index (Phi) is 5.51. The fourth-order valence-electron chi connectivity index (χ4n) is 4.41. The number of alkyl halides is 3. The maximum Gasteiger partial charge on any atom is 0.416 e. The third-order valence-corrected chi connectivity index (χ3v) is 8.46. The van der Waals surface area contributed by atoms with Gasteiger partial charge in [-0.15, -0.1) is 12.4 Å². The van der Waals surface area contributed by atoms with E-state index in [9.17, 15) is 21.6 Å². The maximum absolute atomic E-state index is 13.6. The minimum Gasteiger partial charge on any atom is -0.312 e. The largest absolute Gasteiger partial charge is 0.416 e. The van der Waals surface area contributed by atoms with Crippen LogP contribution in [-0.2, 0) is 27.2 Å². The first-order valence-electron chi connectivity index (χ1n) is 8.60. The first kappa shape index (κ1) is 21.4. The van der Waals surface area contributed by atoms with E-state index in [-0.39, 0.29) is 23.3 Å². The Morgan fingerprint density at radius 2 is 1.79 bits per heavy atom. The van der Waals surface area contributed by atoms with Crippen LogP contribution < -0.4 is 5.32 Å². The topological polar surface area (TPSA) is 46.2 Å². The fourth-order valence-corrected chi connectivity index (χ4v) is 6.88. The highest BCUT2D eigenvalue weighted by Gasteiger charge is 2.57. The molecule has 152 valence electrons. The molecular formula is C19H18Cl2F3NO2S. The average molecular weight is 452 g/mol. The zero-order chi connectivity index (χ0) is 19.4. The third-order valence-electron chi connectivity index (χ3n) is 5.64. The van der Waals surface area contributed by atoms with Gasteiger partial charge < -0.3 is 5.32 Å². The van der Waals surface area contributed by atoms with Gasteiger partial charge in [-0.3, -0.25) is 0 Å². The van der Waals surface area contributed by atoms with E-state index in [0.717, 1.165) is 12.1 Å². The van der Waals surface area contributed by atoms with Gasteiger partial charge in [0.15, 0.2) is 9.84 Å². The molecule has 1 saturated heterocycles. The number of aryl methyl sites for hydroxylation is 1. The molecule has 28 heavy (non-hydrogen) atoms. The number of hydrogen-bond acceptors (Lipinski definition) is 3. The van der Waals surface area contributed by atoms with Gasteiger partial charge in [0, 0.05) is 11.1 Å². The van der Waals surface area contributed by atoms with Crippen molar-refractivity contribution in [2.45, 2.75) is 41.1 Å². The summed E-state index contributed by atoms with van der Waals surface area (Å²) in [4.78, 5) is 0.133. The van der Waals surface area contributed by atoms with Gasteiger partial charge in [-0.05, 0) is 73.3 Å². The molecule has 0 saturated carbocycles. The molecule has 0 amide bonds. The van der Waals surface area contributed by atoms with Crippen molar-refractivity contribution in [2.75, 3.05) is 6.54 Å². The third kappa shape index (κ3) is 3.12. The second-order valence-corrected chi connectivity index (χ2v) is 9.66. The maximum atomic E-state index is 13.6. The van der Waals surface area contributed by atoms with E-state index in [1.165, 1.54) is 30.3 Å². The van der Waals surface area contributed by atoms with Crippen LogP contribution in [0.5, 0.6) is 0 Å². The van der Waals surface area contributed by atoms with Crippen molar-refractivity contribution >= 4 is 33.8 Å². The summed E-state index contributed by atoms with van der Waals surface area (Å²) < 4.78 is 65.4. The molecule has 3 nitrogen and oxygen atoms in total. The zero-order valence-electron chi connectivity index (χ0n) is 14.6. The van der Waals surface area contributed by atoms with Crippen LogP contribution in [0.1, 0.15) is 29.5 Å². The number of rotatable bonds is 2. The van der Waals surface area contributed by atoms with E-state index in [1.54, 1.807) is 0 Å². The molecule has 1 fully saturated rings. The molecule has 2 unspecified atom stereocenters. The molecule has 2 aromatic rings. The van der Waals surface area contributed by atoms with Crippen LogP contribution >= 0.6 is 24.0 Å². The quantitative estimate of drug-likeness (QED) is 0.715. The minimum absolute atomic E-state index is 0. The van der Waals surface area contributed by atoms with Crippen LogP contribution in [0, 0.1) is 0 Å². The monoisotopic (exact) mass is 451 g/mol. The SMILES string of the molecule is Cl.O=S(=O)(c1ccc(Cl)cc1)C12CCNC1CCc1cc(C(F)(F)F)ccc12. The Morgan fingerprint density at radius 3 is 2.43 bits per heavy atom. The van der Waals surface area contributed by atoms with Crippen LogP contribution in [0.3, 0.4) is 0 Å². The van der Waals surface area contributed by atoms with Gasteiger partial charge in [0.25, 0.3) is 0 Å². The van der Waals surface area contributed by atoms with Crippen LogP contribution in [0.2, 0.25) is 5.02 Å². The molecule has 2 atom stereocenters. The molecule has 9 heteroatoms. The van der Waals surface area contributed by atoms with Crippen LogP contribution in [0.15, 0.2) is 47.4 Å². The summed E-state index contributed by atoms with van der Waals surface area (Å²) in [5.41, 5.74) is 0.193. The van der Waals surface area contributed by atoms with Crippen molar-refractivity contribution in [2.24, 2.45) is 0 Å². The molecule has 2 aromatic carbocycles. The summed E-state index contributed by atoms with van der Waals surface area (Å²) in [6, 6.07) is 9.05. The van der Waals surface area contributed by atoms with Crippen molar-refractivity contribution in [3.63, 3.8) is 0 Å². The lowest BCUT2D eigenvalue weighted by atomic mass is 9.78. The van der Waals surface area contributed by atoms with Crippen molar-refractivity contribution in [1.82, 2.24) is 5.32 Å². The summed E-state index contributed by atoms with van der Waals surface area (Å²) in [6.07, 6.45) is -3.25. The van der Waals surface area contributed by atoms with E-state index in [2.05, 4.69) is 5.32 Å². The summed E-state index contributed by atoms with van der Waals surface area (Å²) in [5.74, 6) is 0. The van der Waals surface area contributed by atoms with Gasteiger partial charge >= 0.3 is 6.18 Å². The molecule has 1 heterocycles. The number of hydrogen-bond donors (Lipinski definition) is 1. The highest BCUT2D eigenvalue weighted by Crippen LogP contribution is 2.50. The van der Waals surface area contributed by atoms with Crippen molar-refractivity contribution in [1.29, 1.82) is 0 Å². The number of benzene rings is 2. The highest BCUT2D eigenvalue weighted by molar-refractivity contribution is 7.92. The fraction of sp³-hybridized carbons (Fsp3) is 0.368. The smallest absolute Gasteiger partial charge is 0.312 e. The van der Waals surface area contributed by atoms with Crippen molar-refractivity contribution in [3.05, 3.63) is 64.2 Å². The van der Waals surface area contributed by atoms with Gasteiger partial charge in [-0.2, -0.15) is 13.2 Å². The molecule has 0 bridgehead atoms. The predicted molar refractivity (Wildman–Crippen MR) is 104 cm³/mol. The normalized spacial score (nSPS) is 24.2. The Labute approximate surface area is 172 Å². The molecule has 1 aliphatic carbocycles. The van der Waals surface area contributed by atoms with E-state index in [0.29, 0.717) is 42.0 Å². The lowest BCUT2D eigenvalue weighted by molar-refractivity contribution is -0.137. The van der Waals surface area contributed by atoms with E-state index in [4.69, 9.17) is 11.6 Å². The van der Waals surface area contributed by atoms with Crippen LogP contribution in [0.25, 0.3) is 0 Å². The summed E-state index contributed by atoms with van der Waals surface area (Å²) in [6.45, 7) is 0.498. The molecule has 1 N–H and O–H groups in total. The number of halogens is 5. The van der Waals surface area contributed by atoms with Crippen LogP contribution in [-0.4, -0.2) is 21.0 Å². The Balaban J connectivity index is 0.00000225. The number of fused-ring (bicyclic) bond motifs is 3. The molecule has 0 spiro atoms. The van der Waals surface area contributed by atoms with Gasteiger partial charge in [-0.25, -0.2) is 8.42 Å². The minimum atomic E-state index is -4.46. The highest BCUT2D eigenvalue weighted by atomic mass is 35.5. The van der Waals surface area contributed by atoms with Gasteiger partial charge in [0.1, 0.15) is 4.75 Å². The van der Waals surface area contributed by atoms with Gasteiger partial charge in [-0.1, -0.05) is 17.7 Å². The lowest BCUT2D eigenvalue weighted by Gasteiger charge is -2.40. The van der Waals surface area contributed by atoms with Gasteiger partial charge in [0.2, 0.25) is 0 Å². The molecular weight excluding hydrogens is 434 g/mol. The predicted octanol–water partition coefficient (Wildman–Crippen LogP) is 4.76. The molecule has 4 rings (SSSR count). The van der Waals surface area contributed by atoms with Crippen molar-refractivity contribution < 1.29 is 21.6 Å². The standard InChI is InChI=1S/C19H17ClF3NO2S.ClH/c20-14-3-5-15(6-4-14)27(25,26)18-9-10-24-17(18)8-1-12-11-13(19(21,22)23)2-7-16(12)18;/h2-7,11,17,24H,1,8-10H2;1H. The molecule has 1 aliphatic heterocycles. The molecule has 2 aliphatic rings. The second kappa shape index (κ2) is 7.20. The number of sulfone groups is 1. The second-order valence-electron chi connectivity index (χ2n) is 7.01. The Bertz CT molecular complexity index is 993. The first-order chi connectivity index (χ1) is 12.7. The Hall–Kier alpha value is -1.28. The van der Waals surface area contributed by atoms with E-state index in [1.807, 2.05) is 0 Å². The lowest BCUT2D eigenvalue weighted by Crippen LogP contribution is -2.49. The summed E-state index contributed by atoms with van der Waals surface area (Å²) >= 11 is 5.88. The molecule has 0 radical (unpaired) electrons. The Morgan fingerprint density at radius 1 is 1.11 bits per heavy atom. The van der Waals surface area contributed by atoms with E-state index >= 15 is 0 Å². The molecule has 0 aromatic heterocycles. The van der Waals surface area contributed by atoms with Crippen molar-refractivity contribution in [3.8, 4) is 0 Å².